The largest absolute Gasteiger partial charge is 0.392 e. The maximum atomic E-state index is 9.22. The van der Waals surface area contributed by atoms with E-state index in [-0.39, 0.29) is 12.6 Å². The monoisotopic (exact) mass is 233 g/mol. The molecule has 84 valence electrons. The normalized spacial score (nSPS) is 12.4. The maximum Gasteiger partial charge on any atom is 0.0701 e. The Morgan fingerprint density at radius 3 is 2.81 bits per heavy atom. The predicted octanol–water partition coefficient (Wildman–Crippen LogP) is 3.41. The standard InChI is InChI=1S/C13H15NOS/c1-10(12-6-7-16-9-12)14-13-5-3-2-4-11(13)8-15/h2-7,9-10,14-15H,8H2,1H3. The van der Waals surface area contributed by atoms with E-state index in [9.17, 15) is 5.11 Å². The summed E-state index contributed by atoms with van der Waals surface area (Å²) in [6, 6.07) is 10.2. The number of benzene rings is 1. The van der Waals surface area contributed by atoms with E-state index in [0.717, 1.165) is 11.3 Å². The third kappa shape index (κ3) is 2.43. The maximum absolute atomic E-state index is 9.22. The second-order valence-electron chi connectivity index (χ2n) is 3.74. The zero-order chi connectivity index (χ0) is 11.4. The highest BCUT2D eigenvalue weighted by Gasteiger charge is 2.07. The molecule has 0 aliphatic heterocycles. The van der Waals surface area contributed by atoms with Gasteiger partial charge in [-0.3, -0.25) is 0 Å². The lowest BCUT2D eigenvalue weighted by atomic mass is 10.1. The first-order chi connectivity index (χ1) is 7.81. The molecule has 0 aliphatic rings. The molecule has 2 aromatic rings. The third-order valence-electron chi connectivity index (χ3n) is 2.60. The van der Waals surface area contributed by atoms with Crippen LogP contribution in [0.1, 0.15) is 24.1 Å². The molecule has 0 fully saturated rings. The van der Waals surface area contributed by atoms with Gasteiger partial charge in [0.25, 0.3) is 0 Å². The van der Waals surface area contributed by atoms with E-state index in [1.807, 2.05) is 24.3 Å². The van der Waals surface area contributed by atoms with Gasteiger partial charge in [0.15, 0.2) is 0 Å². The van der Waals surface area contributed by atoms with E-state index in [1.165, 1.54) is 5.56 Å². The van der Waals surface area contributed by atoms with Crippen LogP contribution in [0.3, 0.4) is 0 Å². The summed E-state index contributed by atoms with van der Waals surface area (Å²) in [6.07, 6.45) is 0. The predicted molar refractivity (Wildman–Crippen MR) is 68.7 cm³/mol. The summed E-state index contributed by atoms with van der Waals surface area (Å²) >= 11 is 1.70. The molecule has 0 saturated carbocycles. The minimum Gasteiger partial charge on any atom is -0.392 e. The van der Waals surface area contributed by atoms with Crippen molar-refractivity contribution in [1.29, 1.82) is 0 Å². The van der Waals surface area contributed by atoms with Crippen LogP contribution in [0.15, 0.2) is 41.1 Å². The Labute approximate surface area is 99.6 Å². The highest BCUT2D eigenvalue weighted by Crippen LogP contribution is 2.23. The summed E-state index contributed by atoms with van der Waals surface area (Å²) in [6.45, 7) is 2.19. The summed E-state index contributed by atoms with van der Waals surface area (Å²) < 4.78 is 0. The van der Waals surface area contributed by atoms with Crippen LogP contribution >= 0.6 is 11.3 Å². The lowest BCUT2D eigenvalue weighted by Gasteiger charge is -2.16. The number of rotatable bonds is 4. The van der Waals surface area contributed by atoms with Crippen molar-refractivity contribution >= 4 is 17.0 Å². The molecule has 1 unspecified atom stereocenters. The molecule has 0 radical (unpaired) electrons. The molecule has 1 aromatic heterocycles. The van der Waals surface area contributed by atoms with E-state index < -0.39 is 0 Å². The fraction of sp³-hybridized carbons (Fsp3) is 0.231. The first-order valence-corrected chi connectivity index (χ1v) is 6.23. The first kappa shape index (κ1) is 11.2. The number of hydrogen-bond acceptors (Lipinski definition) is 3. The molecule has 1 aromatic carbocycles. The van der Waals surface area contributed by atoms with Crippen molar-refractivity contribution in [2.24, 2.45) is 0 Å². The summed E-state index contributed by atoms with van der Waals surface area (Å²) in [5.74, 6) is 0. The molecule has 16 heavy (non-hydrogen) atoms. The second kappa shape index (κ2) is 5.14. The lowest BCUT2D eigenvalue weighted by molar-refractivity contribution is 0.282. The molecule has 2 rings (SSSR count). The smallest absolute Gasteiger partial charge is 0.0701 e. The van der Waals surface area contributed by atoms with Gasteiger partial charge in [-0.2, -0.15) is 11.3 Å². The van der Waals surface area contributed by atoms with Crippen LogP contribution in [0.25, 0.3) is 0 Å². The van der Waals surface area contributed by atoms with Gasteiger partial charge in [0, 0.05) is 17.3 Å². The molecular formula is C13H15NOS. The van der Waals surface area contributed by atoms with Crippen molar-refractivity contribution in [1.82, 2.24) is 0 Å². The zero-order valence-corrected chi connectivity index (χ0v) is 10.00. The molecule has 2 N–H and O–H groups in total. The Balaban J connectivity index is 2.14. The Bertz CT molecular complexity index is 439. The molecular weight excluding hydrogens is 218 g/mol. The molecule has 1 heterocycles. The Hall–Kier alpha value is -1.32. The number of aliphatic hydroxyl groups excluding tert-OH is 1. The first-order valence-electron chi connectivity index (χ1n) is 5.28. The zero-order valence-electron chi connectivity index (χ0n) is 9.18. The van der Waals surface area contributed by atoms with E-state index in [1.54, 1.807) is 11.3 Å². The van der Waals surface area contributed by atoms with Gasteiger partial charge in [0.2, 0.25) is 0 Å². The van der Waals surface area contributed by atoms with Crippen LogP contribution < -0.4 is 5.32 Å². The number of hydrogen-bond donors (Lipinski definition) is 2. The highest BCUT2D eigenvalue weighted by atomic mass is 32.1. The number of anilines is 1. The average Bonchev–Trinajstić information content (AvgIpc) is 2.83. The fourth-order valence-electron chi connectivity index (χ4n) is 1.64. The van der Waals surface area contributed by atoms with Crippen LogP contribution in [0.4, 0.5) is 5.69 Å². The molecule has 3 heteroatoms. The van der Waals surface area contributed by atoms with E-state index >= 15 is 0 Å². The van der Waals surface area contributed by atoms with Crippen molar-refractivity contribution in [2.45, 2.75) is 19.6 Å². The van der Waals surface area contributed by atoms with Crippen LogP contribution in [0.2, 0.25) is 0 Å². The Kier molecular flexibility index (Phi) is 3.59. The van der Waals surface area contributed by atoms with Crippen molar-refractivity contribution in [2.75, 3.05) is 5.32 Å². The lowest BCUT2D eigenvalue weighted by Crippen LogP contribution is -2.07. The van der Waals surface area contributed by atoms with Crippen molar-refractivity contribution < 1.29 is 5.11 Å². The number of aliphatic hydroxyl groups is 1. The summed E-state index contributed by atoms with van der Waals surface area (Å²) in [7, 11) is 0. The molecule has 2 nitrogen and oxygen atoms in total. The molecule has 0 spiro atoms. The number of nitrogens with one attached hydrogen (secondary N) is 1. The van der Waals surface area contributed by atoms with Crippen LogP contribution in [-0.2, 0) is 6.61 Å². The van der Waals surface area contributed by atoms with Gasteiger partial charge in [-0.05, 0) is 35.4 Å². The van der Waals surface area contributed by atoms with Gasteiger partial charge in [-0.25, -0.2) is 0 Å². The van der Waals surface area contributed by atoms with Crippen molar-refractivity contribution in [3.05, 3.63) is 52.2 Å². The van der Waals surface area contributed by atoms with Crippen LogP contribution in [-0.4, -0.2) is 5.11 Å². The highest BCUT2D eigenvalue weighted by molar-refractivity contribution is 7.07. The summed E-state index contributed by atoms with van der Waals surface area (Å²) in [5.41, 5.74) is 3.21. The topological polar surface area (TPSA) is 32.3 Å². The average molecular weight is 233 g/mol. The minimum atomic E-state index is 0.0690. The van der Waals surface area contributed by atoms with Gasteiger partial charge in [0.05, 0.1) is 6.61 Å². The van der Waals surface area contributed by atoms with Crippen LogP contribution in [0, 0.1) is 0 Å². The van der Waals surface area contributed by atoms with Gasteiger partial charge < -0.3 is 10.4 Å². The van der Waals surface area contributed by atoms with Gasteiger partial charge in [-0.15, -0.1) is 0 Å². The molecule has 0 amide bonds. The van der Waals surface area contributed by atoms with Crippen LogP contribution in [0.5, 0.6) is 0 Å². The summed E-state index contributed by atoms with van der Waals surface area (Å²) in [5, 5.41) is 16.8. The van der Waals surface area contributed by atoms with E-state index in [2.05, 4.69) is 29.1 Å². The SMILES string of the molecule is CC(Nc1ccccc1CO)c1ccsc1. The summed E-state index contributed by atoms with van der Waals surface area (Å²) in [4.78, 5) is 0. The number of thiophene rings is 1. The van der Waals surface area contributed by atoms with E-state index in [0.29, 0.717) is 0 Å². The Morgan fingerprint density at radius 1 is 1.31 bits per heavy atom. The quantitative estimate of drug-likeness (QED) is 0.848. The Morgan fingerprint density at radius 2 is 2.12 bits per heavy atom. The molecule has 0 aliphatic carbocycles. The van der Waals surface area contributed by atoms with E-state index in [4.69, 9.17) is 0 Å². The van der Waals surface area contributed by atoms with Crippen molar-refractivity contribution in [3.8, 4) is 0 Å². The molecule has 0 saturated heterocycles. The molecule has 1 atom stereocenters. The third-order valence-corrected chi connectivity index (χ3v) is 3.30. The van der Waals surface area contributed by atoms with Gasteiger partial charge in [0.1, 0.15) is 0 Å². The number of para-hydroxylation sites is 1. The minimum absolute atomic E-state index is 0.0690. The second-order valence-corrected chi connectivity index (χ2v) is 4.52. The van der Waals surface area contributed by atoms with Gasteiger partial charge in [-0.1, -0.05) is 18.2 Å². The van der Waals surface area contributed by atoms with Gasteiger partial charge >= 0.3 is 0 Å². The molecule has 0 bridgehead atoms. The fourth-order valence-corrected chi connectivity index (χ4v) is 2.39. The van der Waals surface area contributed by atoms with Crippen molar-refractivity contribution in [3.63, 3.8) is 0 Å².